The van der Waals surface area contributed by atoms with Crippen molar-refractivity contribution >= 4 is 5.78 Å². The first-order valence-corrected chi connectivity index (χ1v) is 3.78. The van der Waals surface area contributed by atoms with Crippen LogP contribution in [0.15, 0.2) is 18.2 Å². The smallest absolute Gasteiger partial charge is 0.164 e. The van der Waals surface area contributed by atoms with Gasteiger partial charge < -0.3 is 4.74 Å². The molecule has 66 valence electrons. The molecule has 0 aliphatic heterocycles. The SMILES string of the molecule is COc1cccc(C#N)c1C(C)=O. The Kier molecular flexibility index (Phi) is 2.65. The molecule has 0 aliphatic carbocycles. The zero-order chi connectivity index (χ0) is 9.84. The summed E-state index contributed by atoms with van der Waals surface area (Å²) in [5.74, 6) is 0.292. The first-order chi connectivity index (χ1) is 6.20. The van der Waals surface area contributed by atoms with Gasteiger partial charge in [0, 0.05) is 0 Å². The van der Waals surface area contributed by atoms with Gasteiger partial charge >= 0.3 is 0 Å². The van der Waals surface area contributed by atoms with Crippen LogP contribution in [-0.4, -0.2) is 12.9 Å². The largest absolute Gasteiger partial charge is 0.496 e. The minimum atomic E-state index is -0.158. The Balaban J connectivity index is 3.41. The van der Waals surface area contributed by atoms with Crippen LogP contribution in [0.25, 0.3) is 0 Å². The van der Waals surface area contributed by atoms with Crippen molar-refractivity contribution in [3.63, 3.8) is 0 Å². The van der Waals surface area contributed by atoms with E-state index in [1.54, 1.807) is 18.2 Å². The number of rotatable bonds is 2. The highest BCUT2D eigenvalue weighted by Crippen LogP contribution is 2.21. The second-order valence-electron chi connectivity index (χ2n) is 2.55. The molecule has 1 rings (SSSR count). The van der Waals surface area contributed by atoms with Crippen molar-refractivity contribution in [1.82, 2.24) is 0 Å². The van der Waals surface area contributed by atoms with E-state index < -0.39 is 0 Å². The normalized spacial score (nSPS) is 9.00. The van der Waals surface area contributed by atoms with Crippen molar-refractivity contribution < 1.29 is 9.53 Å². The van der Waals surface area contributed by atoms with Gasteiger partial charge in [0.05, 0.1) is 18.2 Å². The van der Waals surface area contributed by atoms with Gasteiger partial charge in [-0.15, -0.1) is 0 Å². The summed E-state index contributed by atoms with van der Waals surface area (Å²) in [6, 6.07) is 6.90. The van der Waals surface area contributed by atoms with Crippen LogP contribution in [0.4, 0.5) is 0 Å². The molecule has 0 unspecified atom stereocenters. The molecule has 0 bridgehead atoms. The molecule has 0 saturated carbocycles. The summed E-state index contributed by atoms with van der Waals surface area (Å²) in [6.07, 6.45) is 0. The Morgan fingerprint density at radius 3 is 2.69 bits per heavy atom. The van der Waals surface area contributed by atoms with Crippen molar-refractivity contribution in [3.8, 4) is 11.8 Å². The van der Waals surface area contributed by atoms with Crippen molar-refractivity contribution in [2.45, 2.75) is 6.92 Å². The molecule has 0 spiro atoms. The molecule has 0 radical (unpaired) electrons. The quantitative estimate of drug-likeness (QED) is 0.643. The summed E-state index contributed by atoms with van der Waals surface area (Å²) in [6.45, 7) is 1.42. The maximum absolute atomic E-state index is 11.2. The zero-order valence-electron chi connectivity index (χ0n) is 7.50. The first kappa shape index (κ1) is 9.27. The second kappa shape index (κ2) is 3.72. The summed E-state index contributed by atoms with van der Waals surface area (Å²) in [4.78, 5) is 11.2. The number of benzene rings is 1. The van der Waals surface area contributed by atoms with Gasteiger partial charge in [-0.2, -0.15) is 5.26 Å². The van der Waals surface area contributed by atoms with Gasteiger partial charge in [0.2, 0.25) is 0 Å². The third-order valence-electron chi connectivity index (χ3n) is 1.72. The van der Waals surface area contributed by atoms with Crippen molar-refractivity contribution in [2.24, 2.45) is 0 Å². The standard InChI is InChI=1S/C10H9NO2/c1-7(12)10-8(6-11)4-3-5-9(10)13-2/h3-5H,1-2H3. The molecule has 0 heterocycles. The number of carbonyl (C=O) groups is 1. The predicted molar refractivity (Wildman–Crippen MR) is 47.7 cm³/mol. The van der Waals surface area contributed by atoms with E-state index in [1.807, 2.05) is 6.07 Å². The highest BCUT2D eigenvalue weighted by molar-refractivity contribution is 5.99. The number of carbonyl (C=O) groups excluding carboxylic acids is 1. The predicted octanol–water partition coefficient (Wildman–Crippen LogP) is 1.77. The average molecular weight is 175 g/mol. The monoisotopic (exact) mass is 175 g/mol. The van der Waals surface area contributed by atoms with E-state index in [0.29, 0.717) is 16.9 Å². The van der Waals surface area contributed by atoms with Crippen LogP contribution >= 0.6 is 0 Å². The molecule has 0 saturated heterocycles. The lowest BCUT2D eigenvalue weighted by Crippen LogP contribution is -2.00. The lowest BCUT2D eigenvalue weighted by atomic mass is 10.0. The first-order valence-electron chi connectivity index (χ1n) is 3.78. The van der Waals surface area contributed by atoms with Crippen molar-refractivity contribution in [1.29, 1.82) is 5.26 Å². The van der Waals surface area contributed by atoms with Crippen LogP contribution < -0.4 is 4.74 Å². The summed E-state index contributed by atoms with van der Waals surface area (Å²) < 4.78 is 4.98. The molecule has 1 aromatic carbocycles. The second-order valence-corrected chi connectivity index (χ2v) is 2.55. The summed E-state index contributed by atoms with van der Waals surface area (Å²) in [5, 5.41) is 8.73. The van der Waals surface area contributed by atoms with E-state index in [1.165, 1.54) is 14.0 Å². The van der Waals surface area contributed by atoms with Gasteiger partial charge in [0.25, 0.3) is 0 Å². The molecule has 0 aromatic heterocycles. The number of ether oxygens (including phenoxy) is 1. The molecule has 0 aliphatic rings. The Hall–Kier alpha value is -1.82. The Bertz CT molecular complexity index is 377. The van der Waals surface area contributed by atoms with Gasteiger partial charge in [0.1, 0.15) is 11.8 Å². The lowest BCUT2D eigenvalue weighted by molar-refractivity contribution is 0.101. The zero-order valence-corrected chi connectivity index (χ0v) is 7.50. The Morgan fingerprint density at radius 1 is 1.54 bits per heavy atom. The van der Waals surface area contributed by atoms with E-state index in [9.17, 15) is 4.79 Å². The fraction of sp³-hybridized carbons (Fsp3) is 0.200. The van der Waals surface area contributed by atoms with Crippen LogP contribution in [-0.2, 0) is 0 Å². The Morgan fingerprint density at radius 2 is 2.23 bits per heavy atom. The maximum atomic E-state index is 11.2. The number of hydrogen-bond donors (Lipinski definition) is 0. The van der Waals surface area contributed by atoms with Gasteiger partial charge in [-0.1, -0.05) is 6.07 Å². The highest BCUT2D eigenvalue weighted by Gasteiger charge is 2.12. The molecular weight excluding hydrogens is 166 g/mol. The van der Waals surface area contributed by atoms with Crippen molar-refractivity contribution in [2.75, 3.05) is 7.11 Å². The number of nitriles is 1. The number of hydrogen-bond acceptors (Lipinski definition) is 3. The minimum absolute atomic E-state index is 0.158. The number of Topliss-reactive ketones (excluding diaryl/α,β-unsaturated/α-hetero) is 1. The van der Waals surface area contributed by atoms with E-state index in [0.717, 1.165) is 0 Å². The van der Waals surface area contributed by atoms with Crippen LogP contribution in [0.1, 0.15) is 22.8 Å². The maximum Gasteiger partial charge on any atom is 0.164 e. The molecular formula is C10H9NO2. The van der Waals surface area contributed by atoms with Crippen LogP contribution in [0.5, 0.6) is 5.75 Å². The van der Waals surface area contributed by atoms with Crippen LogP contribution in [0, 0.1) is 11.3 Å². The minimum Gasteiger partial charge on any atom is -0.496 e. The van der Waals surface area contributed by atoms with Crippen molar-refractivity contribution in [3.05, 3.63) is 29.3 Å². The van der Waals surface area contributed by atoms with Gasteiger partial charge in [-0.05, 0) is 19.1 Å². The third-order valence-corrected chi connectivity index (χ3v) is 1.72. The molecule has 3 nitrogen and oxygen atoms in total. The summed E-state index contributed by atoms with van der Waals surface area (Å²) >= 11 is 0. The van der Waals surface area contributed by atoms with E-state index in [4.69, 9.17) is 10.00 Å². The summed E-state index contributed by atoms with van der Waals surface area (Å²) in [7, 11) is 1.48. The Labute approximate surface area is 76.6 Å². The molecule has 0 fully saturated rings. The molecule has 0 atom stereocenters. The highest BCUT2D eigenvalue weighted by atomic mass is 16.5. The fourth-order valence-electron chi connectivity index (χ4n) is 1.16. The summed E-state index contributed by atoms with van der Waals surface area (Å²) in [5.41, 5.74) is 0.708. The lowest BCUT2D eigenvalue weighted by Gasteiger charge is -2.05. The van der Waals surface area contributed by atoms with Gasteiger partial charge in [0.15, 0.2) is 5.78 Å². The van der Waals surface area contributed by atoms with Gasteiger partial charge in [-0.25, -0.2) is 0 Å². The molecule has 13 heavy (non-hydrogen) atoms. The van der Waals surface area contributed by atoms with E-state index in [2.05, 4.69) is 0 Å². The molecule has 3 heteroatoms. The third kappa shape index (κ3) is 1.67. The average Bonchev–Trinajstić information content (AvgIpc) is 2.16. The fourth-order valence-corrected chi connectivity index (χ4v) is 1.16. The van der Waals surface area contributed by atoms with Crippen LogP contribution in [0.2, 0.25) is 0 Å². The number of nitrogens with zero attached hydrogens (tertiary/aromatic N) is 1. The van der Waals surface area contributed by atoms with Crippen LogP contribution in [0.3, 0.4) is 0 Å². The van der Waals surface area contributed by atoms with E-state index in [-0.39, 0.29) is 5.78 Å². The van der Waals surface area contributed by atoms with E-state index >= 15 is 0 Å². The number of ketones is 1. The molecule has 0 N–H and O–H groups in total. The van der Waals surface area contributed by atoms with Gasteiger partial charge in [-0.3, -0.25) is 4.79 Å². The number of methoxy groups -OCH3 is 1. The molecule has 0 amide bonds. The molecule has 1 aromatic rings. The topological polar surface area (TPSA) is 50.1 Å².